The molecule has 0 radical (unpaired) electrons. The van der Waals surface area contributed by atoms with Crippen LogP contribution < -0.4 is 4.74 Å². The second-order valence-corrected chi connectivity index (χ2v) is 5.56. The van der Waals surface area contributed by atoms with E-state index in [9.17, 15) is 18.0 Å². The second-order valence-electron chi connectivity index (χ2n) is 5.56. The molecule has 0 bridgehead atoms. The molecular weight excluding hydrogens is 345 g/mol. The van der Waals surface area contributed by atoms with Gasteiger partial charge in [-0.05, 0) is 30.7 Å². The number of hydrogen-bond acceptors (Lipinski definition) is 2. The van der Waals surface area contributed by atoms with Gasteiger partial charge in [0.25, 0.3) is 0 Å². The topological polar surface area (TPSA) is 46.5 Å². The number of alkyl halides is 3. The van der Waals surface area contributed by atoms with Crippen LogP contribution in [0.1, 0.15) is 36.0 Å². The number of halogens is 3. The number of rotatable bonds is 6. The summed E-state index contributed by atoms with van der Waals surface area (Å²) in [6.07, 6.45) is -4.56. The zero-order valence-corrected chi connectivity index (χ0v) is 14.0. The van der Waals surface area contributed by atoms with Crippen molar-refractivity contribution in [1.29, 1.82) is 0 Å². The van der Waals surface area contributed by atoms with E-state index in [1.165, 1.54) is 18.2 Å². The largest absolute Gasteiger partial charge is 0.489 e. The van der Waals surface area contributed by atoms with Gasteiger partial charge in [0.15, 0.2) is 0 Å². The average molecular weight is 362 g/mol. The minimum Gasteiger partial charge on any atom is -0.489 e. The van der Waals surface area contributed by atoms with Gasteiger partial charge in [0.1, 0.15) is 12.4 Å². The van der Waals surface area contributed by atoms with E-state index in [0.29, 0.717) is 11.3 Å². The fourth-order valence-electron chi connectivity index (χ4n) is 2.48. The van der Waals surface area contributed by atoms with Crippen LogP contribution in [0.2, 0.25) is 0 Å². The number of carbonyl (C=O) groups is 1. The predicted octanol–water partition coefficient (Wildman–Crippen LogP) is 4.87. The Morgan fingerprint density at radius 3 is 2.38 bits per heavy atom. The lowest BCUT2D eigenvalue weighted by molar-refractivity contribution is -0.139. The molecule has 2 aromatic rings. The molecule has 6 heteroatoms. The van der Waals surface area contributed by atoms with E-state index in [1.54, 1.807) is 31.2 Å². The van der Waals surface area contributed by atoms with Crippen molar-refractivity contribution in [3.8, 4) is 17.6 Å². The number of aliphatic carboxylic acids is 1. The molecule has 0 aromatic heterocycles. The highest BCUT2D eigenvalue weighted by atomic mass is 19.4. The molecule has 1 atom stereocenters. The highest BCUT2D eigenvalue weighted by molar-refractivity contribution is 5.69. The van der Waals surface area contributed by atoms with Crippen LogP contribution >= 0.6 is 0 Å². The number of carboxylic acid groups (broad SMARTS) is 1. The van der Waals surface area contributed by atoms with Gasteiger partial charge in [-0.2, -0.15) is 13.2 Å². The van der Waals surface area contributed by atoms with Crippen molar-refractivity contribution in [3.63, 3.8) is 0 Å². The van der Waals surface area contributed by atoms with Crippen molar-refractivity contribution >= 4 is 5.97 Å². The maximum absolute atomic E-state index is 13.0. The lowest BCUT2D eigenvalue weighted by atomic mass is 9.96. The van der Waals surface area contributed by atoms with Gasteiger partial charge in [-0.1, -0.05) is 36.3 Å². The second kappa shape index (κ2) is 8.43. The fraction of sp³-hybridized carbons (Fsp3) is 0.250. The summed E-state index contributed by atoms with van der Waals surface area (Å²) in [6, 6.07) is 11.8. The Labute approximate surface area is 149 Å². The van der Waals surface area contributed by atoms with Gasteiger partial charge >= 0.3 is 12.1 Å². The molecule has 0 saturated heterocycles. The van der Waals surface area contributed by atoms with Gasteiger partial charge in [0.05, 0.1) is 17.9 Å². The lowest BCUT2D eigenvalue weighted by Crippen LogP contribution is -2.10. The predicted molar refractivity (Wildman–Crippen MR) is 90.7 cm³/mol. The molecule has 2 aromatic carbocycles. The summed E-state index contributed by atoms with van der Waals surface area (Å²) in [7, 11) is 0. The minimum atomic E-state index is -4.44. The van der Waals surface area contributed by atoms with Crippen LogP contribution in [0.25, 0.3) is 0 Å². The molecular formula is C20H17F3O3. The third kappa shape index (κ3) is 5.28. The van der Waals surface area contributed by atoms with Crippen LogP contribution in [0.3, 0.4) is 0 Å². The highest BCUT2D eigenvalue weighted by Gasteiger charge is 2.32. The zero-order valence-electron chi connectivity index (χ0n) is 14.0. The smallest absolute Gasteiger partial charge is 0.416 e. The molecule has 0 heterocycles. The first-order chi connectivity index (χ1) is 12.3. The quantitative estimate of drug-likeness (QED) is 0.746. The first-order valence-corrected chi connectivity index (χ1v) is 7.83. The third-order valence-electron chi connectivity index (χ3n) is 3.70. The first-order valence-electron chi connectivity index (χ1n) is 7.83. The summed E-state index contributed by atoms with van der Waals surface area (Å²) < 4.78 is 44.4. The molecule has 3 nitrogen and oxygen atoms in total. The summed E-state index contributed by atoms with van der Waals surface area (Å²) in [5.41, 5.74) is 0.0332. The Bertz CT molecular complexity index is 815. The summed E-state index contributed by atoms with van der Waals surface area (Å²) in [4.78, 5) is 10.9. The lowest BCUT2D eigenvalue weighted by Gasteiger charge is -2.14. The third-order valence-corrected chi connectivity index (χ3v) is 3.70. The standard InChI is InChI=1S/C20H17F3O3/c1-2-5-15(12-19(24)25)14-8-10-17(11-9-14)26-13-16-6-3-4-7-18(16)20(21,22)23/h3-4,6-11,15H,12-13H2,1H3,(H,24,25)/t15-/m0/s1. The Morgan fingerprint density at radius 1 is 1.15 bits per heavy atom. The van der Waals surface area contributed by atoms with Crippen LogP contribution in [0, 0.1) is 11.8 Å². The van der Waals surface area contributed by atoms with Crippen LogP contribution in [0.15, 0.2) is 48.5 Å². The zero-order chi connectivity index (χ0) is 19.2. The average Bonchev–Trinajstić information content (AvgIpc) is 2.59. The molecule has 0 aliphatic heterocycles. The highest BCUT2D eigenvalue weighted by Crippen LogP contribution is 2.32. The Balaban J connectivity index is 2.10. The monoisotopic (exact) mass is 362 g/mol. The van der Waals surface area contributed by atoms with Crippen LogP contribution in [-0.4, -0.2) is 11.1 Å². The van der Waals surface area contributed by atoms with Gasteiger partial charge in [-0.3, -0.25) is 4.79 Å². The van der Waals surface area contributed by atoms with Gasteiger partial charge < -0.3 is 9.84 Å². The van der Waals surface area contributed by atoms with E-state index in [0.717, 1.165) is 6.07 Å². The normalized spacial score (nSPS) is 12.0. The van der Waals surface area contributed by atoms with E-state index in [1.807, 2.05) is 0 Å². The van der Waals surface area contributed by atoms with E-state index < -0.39 is 23.6 Å². The Morgan fingerprint density at radius 2 is 1.81 bits per heavy atom. The van der Waals surface area contributed by atoms with Crippen molar-refractivity contribution < 1.29 is 27.8 Å². The van der Waals surface area contributed by atoms with Gasteiger partial charge in [0.2, 0.25) is 0 Å². The van der Waals surface area contributed by atoms with E-state index >= 15 is 0 Å². The van der Waals surface area contributed by atoms with Gasteiger partial charge in [-0.15, -0.1) is 5.92 Å². The molecule has 0 amide bonds. The summed E-state index contributed by atoms with van der Waals surface area (Å²) >= 11 is 0. The fourth-order valence-corrected chi connectivity index (χ4v) is 2.48. The van der Waals surface area contributed by atoms with Crippen LogP contribution in [-0.2, 0) is 17.6 Å². The van der Waals surface area contributed by atoms with E-state index in [4.69, 9.17) is 9.84 Å². The number of ether oxygens (including phenoxy) is 1. The van der Waals surface area contributed by atoms with E-state index in [-0.39, 0.29) is 18.6 Å². The number of hydrogen-bond donors (Lipinski definition) is 1. The van der Waals surface area contributed by atoms with Crippen molar-refractivity contribution in [1.82, 2.24) is 0 Å². The van der Waals surface area contributed by atoms with Crippen molar-refractivity contribution in [2.24, 2.45) is 0 Å². The minimum absolute atomic E-state index is 0.0460. The van der Waals surface area contributed by atoms with Crippen molar-refractivity contribution in [3.05, 3.63) is 65.2 Å². The maximum atomic E-state index is 13.0. The molecule has 1 N–H and O–H groups in total. The molecule has 0 saturated carbocycles. The summed E-state index contributed by atoms with van der Waals surface area (Å²) in [5.74, 6) is 4.53. The molecule has 0 aliphatic carbocycles. The van der Waals surface area contributed by atoms with Gasteiger partial charge in [-0.25, -0.2) is 0 Å². The SMILES string of the molecule is CC#C[C@@H](CC(=O)O)c1ccc(OCc2ccccc2C(F)(F)F)cc1. The van der Waals surface area contributed by atoms with Crippen LogP contribution in [0.4, 0.5) is 13.2 Å². The van der Waals surface area contributed by atoms with Gasteiger partial charge in [0, 0.05) is 5.56 Å². The number of benzene rings is 2. The number of carboxylic acids is 1. The summed E-state index contributed by atoms with van der Waals surface area (Å²) in [6.45, 7) is 1.41. The molecule has 0 unspecified atom stereocenters. The molecule has 2 rings (SSSR count). The van der Waals surface area contributed by atoms with Crippen LogP contribution in [0.5, 0.6) is 5.75 Å². The molecule has 0 spiro atoms. The van der Waals surface area contributed by atoms with E-state index in [2.05, 4.69) is 11.8 Å². The van der Waals surface area contributed by atoms with Crippen molar-refractivity contribution in [2.75, 3.05) is 0 Å². The Kier molecular flexibility index (Phi) is 6.29. The molecule has 0 aliphatic rings. The van der Waals surface area contributed by atoms with Crippen molar-refractivity contribution in [2.45, 2.75) is 32.0 Å². The summed E-state index contributed by atoms with van der Waals surface area (Å²) in [5, 5.41) is 8.94. The first kappa shape index (κ1) is 19.4. The molecule has 26 heavy (non-hydrogen) atoms. The maximum Gasteiger partial charge on any atom is 0.416 e. The molecule has 0 fully saturated rings. The Hall–Kier alpha value is -2.94. The molecule has 136 valence electrons.